The van der Waals surface area contributed by atoms with Crippen LogP contribution in [0.3, 0.4) is 0 Å². The lowest BCUT2D eigenvalue weighted by Gasteiger charge is -2.12. The zero-order valence-corrected chi connectivity index (χ0v) is 17.5. The number of halogens is 1. The van der Waals surface area contributed by atoms with E-state index in [0.717, 1.165) is 18.2 Å². The molecule has 0 radical (unpaired) electrons. The van der Waals surface area contributed by atoms with Crippen LogP contribution in [-0.4, -0.2) is 45.4 Å². The molecule has 3 rings (SSSR count). The molecule has 30 heavy (non-hydrogen) atoms. The molecular weight excluding hydrogens is 435 g/mol. The second kappa shape index (κ2) is 8.15. The number of benzene rings is 2. The predicted molar refractivity (Wildman–Crippen MR) is 109 cm³/mol. The van der Waals surface area contributed by atoms with Crippen molar-refractivity contribution in [2.75, 3.05) is 22.1 Å². The fraction of sp³-hybridized carbons (Fsp3) is 0.263. The molecule has 1 aliphatic rings. The van der Waals surface area contributed by atoms with Crippen LogP contribution < -0.4 is 10.6 Å². The minimum absolute atomic E-state index is 0.0375. The SMILES string of the molecule is CC(=O)Nc1ccc(NC(=O)c2cc(S(=O)(=O)C3CCS(=O)(=O)C3)ccc2F)cc1. The summed E-state index contributed by atoms with van der Waals surface area (Å²) >= 11 is 0. The number of carbonyl (C=O) groups excluding carboxylic acids is 2. The van der Waals surface area contributed by atoms with Gasteiger partial charge >= 0.3 is 0 Å². The monoisotopic (exact) mass is 454 g/mol. The topological polar surface area (TPSA) is 126 Å². The van der Waals surface area contributed by atoms with Gasteiger partial charge in [0.2, 0.25) is 5.91 Å². The van der Waals surface area contributed by atoms with E-state index in [9.17, 15) is 30.8 Å². The first kappa shape index (κ1) is 21.9. The van der Waals surface area contributed by atoms with Crippen molar-refractivity contribution in [3.8, 4) is 0 Å². The fourth-order valence-corrected chi connectivity index (χ4v) is 7.48. The Morgan fingerprint density at radius 3 is 2.17 bits per heavy atom. The quantitative estimate of drug-likeness (QED) is 0.666. The van der Waals surface area contributed by atoms with Gasteiger partial charge in [-0.15, -0.1) is 0 Å². The van der Waals surface area contributed by atoms with Crippen LogP contribution in [0.25, 0.3) is 0 Å². The lowest BCUT2D eigenvalue weighted by Crippen LogP contribution is -2.23. The van der Waals surface area contributed by atoms with Crippen molar-refractivity contribution >= 4 is 42.9 Å². The summed E-state index contributed by atoms with van der Waals surface area (Å²) in [7, 11) is -7.47. The second-order valence-corrected chi connectivity index (χ2v) is 11.4. The molecule has 2 aromatic rings. The molecule has 1 fully saturated rings. The molecule has 2 amide bonds. The van der Waals surface area contributed by atoms with E-state index >= 15 is 0 Å². The van der Waals surface area contributed by atoms with Crippen LogP contribution in [0.2, 0.25) is 0 Å². The normalized spacial score (nSPS) is 18.0. The van der Waals surface area contributed by atoms with Crippen molar-refractivity contribution in [3.05, 3.63) is 53.8 Å². The van der Waals surface area contributed by atoms with E-state index < -0.39 is 48.0 Å². The molecule has 0 spiro atoms. The molecular formula is C19H19FN2O6S2. The van der Waals surface area contributed by atoms with E-state index in [1.807, 2.05) is 0 Å². The summed E-state index contributed by atoms with van der Waals surface area (Å²) in [5.74, 6) is -2.76. The first-order valence-electron chi connectivity index (χ1n) is 8.91. The van der Waals surface area contributed by atoms with E-state index in [1.165, 1.54) is 31.2 Å². The highest BCUT2D eigenvalue weighted by molar-refractivity contribution is 7.96. The van der Waals surface area contributed by atoms with E-state index in [2.05, 4.69) is 10.6 Å². The van der Waals surface area contributed by atoms with Gasteiger partial charge < -0.3 is 10.6 Å². The lowest BCUT2D eigenvalue weighted by atomic mass is 10.2. The summed E-state index contributed by atoms with van der Waals surface area (Å²) in [5, 5.41) is 3.90. The van der Waals surface area contributed by atoms with Gasteiger partial charge in [0.25, 0.3) is 5.91 Å². The molecule has 1 atom stereocenters. The standard InChI is InChI=1S/C19H19FN2O6S2/c1-12(23)21-13-2-4-14(5-3-13)22-19(24)17-10-15(6-7-18(17)20)30(27,28)16-8-9-29(25,26)11-16/h2-7,10,16H,8-9,11H2,1H3,(H,21,23)(H,22,24). The average Bonchev–Trinajstić information content (AvgIpc) is 3.03. The van der Waals surface area contributed by atoms with Gasteiger partial charge in [-0.2, -0.15) is 0 Å². The predicted octanol–water partition coefficient (Wildman–Crippen LogP) is 2.00. The van der Waals surface area contributed by atoms with Crippen LogP contribution in [0.4, 0.5) is 15.8 Å². The van der Waals surface area contributed by atoms with Crippen LogP contribution in [0, 0.1) is 5.82 Å². The third kappa shape index (κ3) is 4.85. The number of hydrogen-bond donors (Lipinski definition) is 2. The Balaban J connectivity index is 1.82. The first-order chi connectivity index (χ1) is 14.0. The number of hydrogen-bond acceptors (Lipinski definition) is 6. The van der Waals surface area contributed by atoms with E-state index in [1.54, 1.807) is 0 Å². The van der Waals surface area contributed by atoms with Crippen molar-refractivity contribution < 1.29 is 30.8 Å². The van der Waals surface area contributed by atoms with Crippen molar-refractivity contribution in [1.29, 1.82) is 0 Å². The Morgan fingerprint density at radius 1 is 1.03 bits per heavy atom. The van der Waals surface area contributed by atoms with Crippen LogP contribution in [0.5, 0.6) is 0 Å². The van der Waals surface area contributed by atoms with Crippen molar-refractivity contribution in [2.24, 2.45) is 0 Å². The van der Waals surface area contributed by atoms with Gasteiger partial charge in [-0.25, -0.2) is 21.2 Å². The van der Waals surface area contributed by atoms with Gasteiger partial charge in [0, 0.05) is 18.3 Å². The fourth-order valence-electron chi connectivity index (χ4n) is 3.09. The number of sulfone groups is 2. The summed E-state index contributed by atoms with van der Waals surface area (Å²) in [6, 6.07) is 8.86. The molecule has 0 aliphatic carbocycles. The Bertz CT molecular complexity index is 1210. The maximum atomic E-state index is 14.2. The largest absolute Gasteiger partial charge is 0.326 e. The van der Waals surface area contributed by atoms with Gasteiger partial charge in [0.05, 0.1) is 27.2 Å². The number of amides is 2. The molecule has 2 N–H and O–H groups in total. The minimum Gasteiger partial charge on any atom is -0.326 e. The first-order valence-corrected chi connectivity index (χ1v) is 12.3. The summed E-state index contributed by atoms with van der Waals surface area (Å²) in [5.41, 5.74) is 0.331. The molecule has 0 bridgehead atoms. The van der Waals surface area contributed by atoms with E-state index in [0.29, 0.717) is 11.4 Å². The van der Waals surface area contributed by atoms with Crippen molar-refractivity contribution in [2.45, 2.75) is 23.5 Å². The maximum Gasteiger partial charge on any atom is 0.258 e. The third-order valence-electron chi connectivity index (χ3n) is 4.60. The summed E-state index contributed by atoms with van der Waals surface area (Å²) < 4.78 is 62.9. The molecule has 11 heteroatoms. The molecule has 2 aromatic carbocycles. The molecule has 1 aliphatic heterocycles. The summed E-state index contributed by atoms with van der Waals surface area (Å²) in [6.07, 6.45) is -0.0375. The van der Waals surface area contributed by atoms with Gasteiger partial charge in [-0.3, -0.25) is 9.59 Å². The zero-order chi connectivity index (χ0) is 22.1. The Kier molecular flexibility index (Phi) is 5.95. The van der Waals surface area contributed by atoms with Crippen molar-refractivity contribution in [1.82, 2.24) is 0 Å². The van der Waals surface area contributed by atoms with Gasteiger partial charge in [-0.05, 0) is 48.9 Å². The van der Waals surface area contributed by atoms with Gasteiger partial charge in [0.15, 0.2) is 19.7 Å². The van der Waals surface area contributed by atoms with Crippen LogP contribution in [0.15, 0.2) is 47.4 Å². The van der Waals surface area contributed by atoms with Crippen LogP contribution >= 0.6 is 0 Å². The summed E-state index contributed by atoms with van der Waals surface area (Å²) in [6.45, 7) is 1.35. The average molecular weight is 455 g/mol. The van der Waals surface area contributed by atoms with E-state index in [-0.39, 0.29) is 23.0 Å². The molecule has 1 unspecified atom stereocenters. The number of nitrogens with one attached hydrogen (secondary N) is 2. The Morgan fingerprint density at radius 2 is 1.63 bits per heavy atom. The highest BCUT2D eigenvalue weighted by Gasteiger charge is 2.38. The van der Waals surface area contributed by atoms with Crippen molar-refractivity contribution in [3.63, 3.8) is 0 Å². The molecule has 0 saturated carbocycles. The number of carbonyl (C=O) groups is 2. The lowest BCUT2D eigenvalue weighted by molar-refractivity contribution is -0.114. The van der Waals surface area contributed by atoms with Crippen LogP contribution in [-0.2, 0) is 24.5 Å². The molecule has 0 aromatic heterocycles. The molecule has 1 saturated heterocycles. The maximum absolute atomic E-state index is 14.2. The Labute approximate surface area is 173 Å². The summed E-state index contributed by atoms with van der Waals surface area (Å²) in [4.78, 5) is 23.2. The molecule has 1 heterocycles. The highest BCUT2D eigenvalue weighted by atomic mass is 32.2. The zero-order valence-electron chi connectivity index (χ0n) is 15.9. The van der Waals surface area contributed by atoms with Gasteiger partial charge in [0.1, 0.15) is 5.82 Å². The smallest absolute Gasteiger partial charge is 0.258 e. The van der Waals surface area contributed by atoms with Crippen LogP contribution in [0.1, 0.15) is 23.7 Å². The minimum atomic E-state index is -4.04. The number of rotatable bonds is 5. The van der Waals surface area contributed by atoms with E-state index in [4.69, 9.17) is 0 Å². The molecule has 8 nitrogen and oxygen atoms in total. The number of anilines is 2. The molecule has 160 valence electrons. The second-order valence-electron chi connectivity index (χ2n) is 6.92. The third-order valence-corrected chi connectivity index (χ3v) is 8.77. The van der Waals surface area contributed by atoms with Gasteiger partial charge in [-0.1, -0.05) is 0 Å². The Hall–Kier alpha value is -2.79. The highest BCUT2D eigenvalue weighted by Crippen LogP contribution is 2.27.